The smallest absolute Gasteiger partial charge is 0.338 e. The van der Waals surface area contributed by atoms with Crippen LogP contribution in [-0.4, -0.2) is 104 Å². The zero-order chi connectivity index (χ0) is 44.6. The highest BCUT2D eigenvalue weighted by molar-refractivity contribution is 5.89. The van der Waals surface area contributed by atoms with Gasteiger partial charge >= 0.3 is 11.9 Å². The van der Waals surface area contributed by atoms with Gasteiger partial charge in [0.25, 0.3) is 0 Å². The van der Waals surface area contributed by atoms with Crippen molar-refractivity contribution in [2.45, 2.75) is 219 Å². The molecule has 2 N–H and O–H groups in total. The number of aromatic nitrogens is 1. The summed E-state index contributed by atoms with van der Waals surface area (Å²) in [5.41, 5.74) is 0.874. The van der Waals surface area contributed by atoms with Gasteiger partial charge in [-0.25, -0.2) is 4.79 Å². The monoisotopic (exact) mass is 861 g/mol. The molecule has 0 aliphatic carbocycles. The van der Waals surface area contributed by atoms with E-state index >= 15 is 0 Å². The molecule has 1 heterocycles. The van der Waals surface area contributed by atoms with Crippen LogP contribution in [0.15, 0.2) is 18.3 Å². The fraction of sp³-hybridized carbons (Fsp3) is 0.840. The fourth-order valence-corrected chi connectivity index (χ4v) is 7.41. The Kier molecular flexibility index (Phi) is 37.2. The number of ether oxygens (including phenoxy) is 3. The zero-order valence-corrected chi connectivity index (χ0v) is 39.9. The highest BCUT2D eigenvalue weighted by Gasteiger charge is 2.21. The van der Waals surface area contributed by atoms with Crippen molar-refractivity contribution < 1.29 is 33.7 Å². The Morgan fingerprint density at radius 2 is 1.20 bits per heavy atom. The Balaban J connectivity index is 2.56. The first-order chi connectivity index (χ1) is 29.7. The molecule has 2 unspecified atom stereocenters. The molecule has 2 atom stereocenters. The van der Waals surface area contributed by atoms with E-state index in [4.69, 9.17) is 14.2 Å². The number of carbonyl (C=O) groups is 3. The van der Waals surface area contributed by atoms with E-state index in [1.807, 2.05) is 25.9 Å². The van der Waals surface area contributed by atoms with Crippen molar-refractivity contribution in [1.29, 1.82) is 0 Å². The third kappa shape index (κ3) is 33.6. The van der Waals surface area contributed by atoms with E-state index in [-0.39, 0.29) is 37.2 Å². The summed E-state index contributed by atoms with van der Waals surface area (Å²) in [7, 11) is 3.96. The average Bonchev–Trinajstić information content (AvgIpc) is 3.25. The lowest BCUT2D eigenvalue weighted by molar-refractivity contribution is -0.155. The number of amides is 1. The quantitative estimate of drug-likeness (QED) is 0.0372. The molecule has 0 saturated heterocycles. The molecule has 11 nitrogen and oxygen atoms in total. The van der Waals surface area contributed by atoms with Crippen LogP contribution in [0.3, 0.4) is 0 Å². The lowest BCUT2D eigenvalue weighted by Crippen LogP contribution is -2.41. The van der Waals surface area contributed by atoms with Gasteiger partial charge in [-0.1, -0.05) is 168 Å². The van der Waals surface area contributed by atoms with E-state index in [2.05, 4.69) is 24.1 Å². The molecule has 1 aromatic heterocycles. The summed E-state index contributed by atoms with van der Waals surface area (Å²) in [4.78, 5) is 47.0. The van der Waals surface area contributed by atoms with Gasteiger partial charge < -0.3 is 34.4 Å². The first-order valence-electron chi connectivity index (χ1n) is 24.9. The van der Waals surface area contributed by atoms with Crippen molar-refractivity contribution in [3.8, 4) is 0 Å². The molecule has 1 amide bonds. The van der Waals surface area contributed by atoms with E-state index in [0.717, 1.165) is 45.1 Å². The van der Waals surface area contributed by atoms with Crippen molar-refractivity contribution in [3.63, 3.8) is 0 Å². The molecule has 0 aromatic carbocycles. The van der Waals surface area contributed by atoms with Gasteiger partial charge in [0.2, 0.25) is 5.91 Å². The molecular formula is C50H92N4O7. The Hall–Kier alpha value is -2.60. The maximum atomic E-state index is 13.4. The van der Waals surface area contributed by atoms with Crippen LogP contribution in [-0.2, 0) is 30.3 Å². The van der Waals surface area contributed by atoms with E-state index in [1.165, 1.54) is 135 Å². The van der Waals surface area contributed by atoms with Gasteiger partial charge in [-0.15, -0.1) is 0 Å². The molecule has 0 saturated carbocycles. The van der Waals surface area contributed by atoms with Crippen LogP contribution in [0.5, 0.6) is 0 Å². The first-order valence-corrected chi connectivity index (χ1v) is 24.9. The normalized spacial score (nSPS) is 12.4. The maximum Gasteiger partial charge on any atom is 0.338 e. The topological polar surface area (TPSA) is 131 Å². The largest absolute Gasteiger partial charge is 0.462 e. The van der Waals surface area contributed by atoms with Crippen LogP contribution in [0.1, 0.15) is 217 Å². The van der Waals surface area contributed by atoms with Gasteiger partial charge in [-0.2, -0.15) is 0 Å². The number of pyridine rings is 1. The number of likely N-dealkylation sites (N-methyl/N-ethyl adjacent to an activating group) is 2. The summed E-state index contributed by atoms with van der Waals surface area (Å²) in [6, 6.07) is 3.20. The molecule has 0 bridgehead atoms. The number of nitrogens with one attached hydrogen (secondary N) is 1. The number of nitrogens with zero attached hydrogens (tertiary/aromatic N) is 3. The van der Waals surface area contributed by atoms with Gasteiger partial charge in [0.15, 0.2) is 12.4 Å². The predicted molar refractivity (Wildman–Crippen MR) is 249 cm³/mol. The van der Waals surface area contributed by atoms with Gasteiger partial charge in [-0.3, -0.25) is 14.6 Å². The second-order valence-electron chi connectivity index (χ2n) is 17.4. The lowest BCUT2D eigenvalue weighted by atomic mass is 10.0. The number of unbranched alkanes of at least 4 members (excludes halogenated alkanes) is 24. The average molecular weight is 861 g/mol. The summed E-state index contributed by atoms with van der Waals surface area (Å²) in [5, 5.41) is 13.8. The predicted octanol–water partition coefficient (Wildman–Crippen LogP) is 10.9. The van der Waals surface area contributed by atoms with E-state index < -0.39 is 18.4 Å². The minimum absolute atomic E-state index is 0.00246. The highest BCUT2D eigenvalue weighted by Crippen LogP contribution is 2.16. The number of hydrogen-bond donors (Lipinski definition) is 2. The van der Waals surface area contributed by atoms with Crippen LogP contribution in [0.2, 0.25) is 0 Å². The van der Waals surface area contributed by atoms with E-state index in [9.17, 15) is 19.5 Å². The van der Waals surface area contributed by atoms with E-state index in [0.29, 0.717) is 38.2 Å². The van der Waals surface area contributed by atoms with Gasteiger partial charge in [0.1, 0.15) is 6.61 Å². The molecule has 0 aliphatic rings. The SMILES string of the molecule is CCCCCCCCCCCCCCCC(=O)OCC(COC(O)CCCCCCCCCCCCCCC)OC(=O)c1ccnc(CNCC(=O)N(CC)CCN(C)C)c1. The molecule has 0 aliphatic heterocycles. The number of hydrogen-bond acceptors (Lipinski definition) is 10. The Morgan fingerprint density at radius 1 is 0.689 bits per heavy atom. The number of carbonyl (C=O) groups excluding carboxylic acids is 3. The third-order valence-electron chi connectivity index (χ3n) is 11.4. The molecule has 11 heteroatoms. The van der Waals surface area contributed by atoms with Crippen molar-refractivity contribution in [1.82, 2.24) is 20.1 Å². The molecule has 1 rings (SSSR count). The third-order valence-corrected chi connectivity index (χ3v) is 11.4. The first kappa shape index (κ1) is 56.4. The van der Waals surface area contributed by atoms with Crippen LogP contribution >= 0.6 is 0 Å². The van der Waals surface area contributed by atoms with Crippen LogP contribution in [0.4, 0.5) is 0 Å². The van der Waals surface area contributed by atoms with E-state index in [1.54, 1.807) is 17.0 Å². The Bertz CT molecular complexity index is 1200. The van der Waals surface area contributed by atoms with Gasteiger partial charge in [0.05, 0.1) is 24.4 Å². The molecule has 0 fully saturated rings. The summed E-state index contributed by atoms with van der Waals surface area (Å²) in [5.74, 6) is -0.929. The molecule has 0 spiro atoms. The zero-order valence-electron chi connectivity index (χ0n) is 39.9. The molecule has 1 aromatic rings. The number of rotatable bonds is 43. The Morgan fingerprint density at radius 3 is 1.70 bits per heavy atom. The summed E-state index contributed by atoms with van der Waals surface area (Å²) >= 11 is 0. The second kappa shape index (κ2) is 40.2. The van der Waals surface area contributed by atoms with Crippen molar-refractivity contribution in [2.24, 2.45) is 0 Å². The molecular weight excluding hydrogens is 769 g/mol. The molecule has 0 radical (unpaired) electrons. The number of aliphatic hydroxyl groups excluding tert-OH is 1. The van der Waals surface area contributed by atoms with Crippen molar-refractivity contribution in [3.05, 3.63) is 29.6 Å². The summed E-state index contributed by atoms with van der Waals surface area (Å²) in [6.45, 7) is 8.75. The summed E-state index contributed by atoms with van der Waals surface area (Å²) < 4.78 is 17.1. The molecule has 61 heavy (non-hydrogen) atoms. The highest BCUT2D eigenvalue weighted by atomic mass is 16.6. The maximum absolute atomic E-state index is 13.4. The second-order valence-corrected chi connectivity index (χ2v) is 17.4. The van der Waals surface area contributed by atoms with Crippen LogP contribution in [0, 0.1) is 0 Å². The van der Waals surface area contributed by atoms with Gasteiger partial charge in [0, 0.05) is 38.8 Å². The standard InChI is InChI=1S/C50H92N4O7/c1-6-9-11-13-15-17-19-21-23-25-27-29-31-33-48(56)59-42-46(43-60-49(57)34-32-30-28-26-24-22-20-18-16-14-12-10-7-2)61-50(58)44-35-36-52-45(39-44)40-51-41-47(55)54(8-3)38-37-53(4)5/h35-36,39,46,48,51,56H,6-34,37-38,40-43H2,1-5H3. The minimum Gasteiger partial charge on any atom is -0.462 e. The number of aliphatic hydroxyl groups is 1. The molecule has 354 valence electrons. The summed E-state index contributed by atoms with van der Waals surface area (Å²) in [6.07, 6.45) is 32.7. The van der Waals surface area contributed by atoms with Crippen LogP contribution < -0.4 is 5.32 Å². The van der Waals surface area contributed by atoms with Crippen LogP contribution in [0.25, 0.3) is 0 Å². The fourth-order valence-electron chi connectivity index (χ4n) is 7.41. The Labute approximate surface area is 373 Å². The van der Waals surface area contributed by atoms with Crippen molar-refractivity contribution in [2.75, 3.05) is 53.5 Å². The minimum atomic E-state index is -0.997. The lowest BCUT2D eigenvalue weighted by Gasteiger charge is -2.23. The van der Waals surface area contributed by atoms with Crippen molar-refractivity contribution >= 4 is 17.8 Å². The number of esters is 2. The van der Waals surface area contributed by atoms with Gasteiger partial charge in [-0.05, 0) is 52.4 Å².